The van der Waals surface area contributed by atoms with Crippen LogP contribution in [0.4, 0.5) is 0 Å². The summed E-state index contributed by atoms with van der Waals surface area (Å²) >= 11 is 1.73. The van der Waals surface area contributed by atoms with Crippen LogP contribution in [0, 0.1) is 0 Å². The van der Waals surface area contributed by atoms with Gasteiger partial charge in [-0.2, -0.15) is 11.8 Å². The molecule has 25 heavy (non-hydrogen) atoms. The Bertz CT molecular complexity index is 570. The van der Waals surface area contributed by atoms with Crippen LogP contribution in [0.1, 0.15) is 56.1 Å². The second-order valence-electron chi connectivity index (χ2n) is 7.29. The second-order valence-corrected chi connectivity index (χ2v) is 8.28. The van der Waals surface area contributed by atoms with Gasteiger partial charge in [0.15, 0.2) is 0 Å². The van der Waals surface area contributed by atoms with E-state index in [2.05, 4.69) is 33.0 Å². The lowest BCUT2D eigenvalue weighted by Crippen LogP contribution is -2.40. The maximum atomic E-state index is 12.3. The molecule has 3 rings (SSSR count). The van der Waals surface area contributed by atoms with Crippen molar-refractivity contribution in [1.82, 2.24) is 24.6 Å². The number of likely N-dealkylation sites (tertiary alicyclic amines) is 2. The highest BCUT2D eigenvalue weighted by molar-refractivity contribution is 7.98. The first-order valence-corrected chi connectivity index (χ1v) is 11.0. The predicted octanol–water partition coefficient (Wildman–Crippen LogP) is 2.26. The van der Waals surface area contributed by atoms with Crippen LogP contribution >= 0.6 is 11.8 Å². The van der Waals surface area contributed by atoms with E-state index in [-0.39, 0.29) is 5.91 Å². The van der Waals surface area contributed by atoms with E-state index in [9.17, 15) is 4.79 Å². The van der Waals surface area contributed by atoms with Gasteiger partial charge in [0.1, 0.15) is 11.6 Å². The summed E-state index contributed by atoms with van der Waals surface area (Å²) in [5.41, 5.74) is 0. The lowest BCUT2D eigenvalue weighted by molar-refractivity contribution is -0.132. The average molecular weight is 366 g/mol. The van der Waals surface area contributed by atoms with Gasteiger partial charge in [-0.25, -0.2) is 0 Å². The Morgan fingerprint density at radius 2 is 1.96 bits per heavy atom. The zero-order valence-electron chi connectivity index (χ0n) is 15.6. The molecule has 2 aliphatic heterocycles. The summed E-state index contributed by atoms with van der Waals surface area (Å²) in [5, 5.41) is 8.97. The van der Waals surface area contributed by atoms with Gasteiger partial charge >= 0.3 is 0 Å². The first-order valence-electron chi connectivity index (χ1n) is 9.56. The molecule has 1 amide bonds. The summed E-state index contributed by atoms with van der Waals surface area (Å²) in [6.45, 7) is 4.92. The first-order chi connectivity index (χ1) is 12.2. The number of piperidine rings is 2. The lowest BCUT2D eigenvalue weighted by Gasteiger charge is -2.32. The van der Waals surface area contributed by atoms with E-state index in [4.69, 9.17) is 0 Å². The van der Waals surface area contributed by atoms with Crippen LogP contribution in [0.5, 0.6) is 0 Å². The molecule has 2 fully saturated rings. The van der Waals surface area contributed by atoms with Crippen molar-refractivity contribution in [3.05, 3.63) is 11.6 Å². The molecule has 1 atom stereocenters. The van der Waals surface area contributed by atoms with Crippen LogP contribution in [0.25, 0.3) is 0 Å². The van der Waals surface area contributed by atoms with Crippen LogP contribution in [0.3, 0.4) is 0 Å². The van der Waals surface area contributed by atoms with E-state index < -0.39 is 0 Å². The molecule has 0 N–H and O–H groups in total. The number of carbonyl (C=O) groups excluding carboxylic acids is 1. The summed E-state index contributed by atoms with van der Waals surface area (Å²) in [7, 11) is 2.09. The summed E-state index contributed by atoms with van der Waals surface area (Å²) in [5.74, 6) is 3.62. The molecule has 0 radical (unpaired) electrons. The highest BCUT2D eigenvalue weighted by atomic mass is 32.2. The van der Waals surface area contributed by atoms with Crippen molar-refractivity contribution < 1.29 is 4.79 Å². The Kier molecular flexibility index (Phi) is 6.76. The van der Waals surface area contributed by atoms with Crippen LogP contribution in [-0.2, 0) is 18.4 Å². The highest BCUT2D eigenvalue weighted by Crippen LogP contribution is 2.26. The molecule has 1 aromatic heterocycles. The van der Waals surface area contributed by atoms with Crippen molar-refractivity contribution in [2.75, 3.05) is 38.2 Å². The van der Waals surface area contributed by atoms with E-state index in [0.29, 0.717) is 12.3 Å². The minimum atomic E-state index is 0.287. The van der Waals surface area contributed by atoms with Gasteiger partial charge in [-0.3, -0.25) is 9.69 Å². The number of thioether (sulfide) groups is 1. The lowest BCUT2D eigenvalue weighted by atomic mass is 9.97. The smallest absolute Gasteiger partial charge is 0.223 e. The number of amides is 1. The molecule has 7 heteroatoms. The molecule has 2 saturated heterocycles. The maximum Gasteiger partial charge on any atom is 0.223 e. The normalized spacial score (nSPS) is 22.3. The Hall–Kier alpha value is -1.08. The molecule has 0 bridgehead atoms. The molecule has 140 valence electrons. The molecule has 1 aromatic rings. The average Bonchev–Trinajstić information content (AvgIpc) is 3.01. The highest BCUT2D eigenvalue weighted by Gasteiger charge is 2.28. The molecule has 0 aromatic carbocycles. The number of hydrogen-bond donors (Lipinski definition) is 0. The molecule has 0 saturated carbocycles. The fourth-order valence-electron chi connectivity index (χ4n) is 3.95. The molecular formula is C18H31N5OS. The minimum absolute atomic E-state index is 0.287. The van der Waals surface area contributed by atoms with Crippen molar-refractivity contribution in [1.29, 1.82) is 0 Å². The summed E-state index contributed by atoms with van der Waals surface area (Å²) in [4.78, 5) is 16.9. The molecule has 3 heterocycles. The Balaban J connectivity index is 1.62. The van der Waals surface area contributed by atoms with Crippen molar-refractivity contribution in [2.45, 2.75) is 51.0 Å². The van der Waals surface area contributed by atoms with Crippen molar-refractivity contribution in [2.24, 2.45) is 7.05 Å². The van der Waals surface area contributed by atoms with Gasteiger partial charge in [-0.15, -0.1) is 10.2 Å². The van der Waals surface area contributed by atoms with Gasteiger partial charge in [0.2, 0.25) is 5.91 Å². The Morgan fingerprint density at radius 1 is 1.16 bits per heavy atom. The van der Waals surface area contributed by atoms with Gasteiger partial charge in [0.25, 0.3) is 0 Å². The minimum Gasteiger partial charge on any atom is -0.342 e. The number of aromatic nitrogens is 3. The van der Waals surface area contributed by atoms with Crippen LogP contribution < -0.4 is 0 Å². The second kappa shape index (κ2) is 9.03. The van der Waals surface area contributed by atoms with Crippen molar-refractivity contribution >= 4 is 17.7 Å². The van der Waals surface area contributed by atoms with Gasteiger partial charge in [-0.1, -0.05) is 6.42 Å². The monoisotopic (exact) mass is 365 g/mol. The number of carbonyl (C=O) groups is 1. The van der Waals surface area contributed by atoms with Crippen LogP contribution in [-0.4, -0.2) is 68.7 Å². The molecule has 0 spiro atoms. The van der Waals surface area contributed by atoms with Gasteiger partial charge in [-0.05, 0) is 45.0 Å². The van der Waals surface area contributed by atoms with E-state index in [1.165, 1.54) is 32.4 Å². The first kappa shape index (κ1) is 18.7. The zero-order chi connectivity index (χ0) is 17.6. The summed E-state index contributed by atoms with van der Waals surface area (Å²) in [6.07, 6.45) is 8.79. The van der Waals surface area contributed by atoms with E-state index in [0.717, 1.165) is 49.9 Å². The van der Waals surface area contributed by atoms with E-state index in [1.54, 1.807) is 11.8 Å². The molecule has 0 aliphatic carbocycles. The number of rotatable bonds is 6. The van der Waals surface area contributed by atoms with Crippen molar-refractivity contribution in [3.8, 4) is 0 Å². The zero-order valence-corrected chi connectivity index (χ0v) is 16.4. The van der Waals surface area contributed by atoms with Gasteiger partial charge in [0, 0.05) is 38.2 Å². The quantitative estimate of drug-likeness (QED) is 0.774. The van der Waals surface area contributed by atoms with E-state index >= 15 is 0 Å². The third-order valence-corrected chi connectivity index (χ3v) is 6.08. The summed E-state index contributed by atoms with van der Waals surface area (Å²) in [6, 6.07) is 0. The topological polar surface area (TPSA) is 54.3 Å². The number of hydrogen-bond acceptors (Lipinski definition) is 5. The largest absolute Gasteiger partial charge is 0.342 e. The fourth-order valence-corrected chi connectivity index (χ4v) is 4.33. The predicted molar refractivity (Wildman–Crippen MR) is 102 cm³/mol. The summed E-state index contributed by atoms with van der Waals surface area (Å²) < 4.78 is 2.18. The fraction of sp³-hybridized carbons (Fsp3) is 0.833. The third kappa shape index (κ3) is 4.76. The van der Waals surface area contributed by atoms with Crippen LogP contribution in [0.2, 0.25) is 0 Å². The van der Waals surface area contributed by atoms with Crippen LogP contribution in [0.15, 0.2) is 0 Å². The Labute approximate surface area is 155 Å². The molecule has 2 aliphatic rings. The van der Waals surface area contributed by atoms with Gasteiger partial charge < -0.3 is 9.47 Å². The van der Waals surface area contributed by atoms with Crippen molar-refractivity contribution in [3.63, 3.8) is 0 Å². The number of nitrogens with zero attached hydrogens (tertiary/aromatic N) is 5. The molecular weight excluding hydrogens is 334 g/mol. The molecule has 6 nitrogen and oxygen atoms in total. The molecule has 0 unspecified atom stereocenters. The third-order valence-electron chi connectivity index (χ3n) is 5.47. The maximum absolute atomic E-state index is 12.3. The Morgan fingerprint density at radius 3 is 2.72 bits per heavy atom. The standard InChI is InChI=1S/C18H31N5OS/c1-21-16(14-22-9-4-3-5-10-22)19-20-18(21)15-7-6-11-23(13-15)17(24)8-12-25-2/h15H,3-14H2,1-2H3/t15-/m1/s1. The van der Waals surface area contributed by atoms with Gasteiger partial charge in [0.05, 0.1) is 6.54 Å². The van der Waals surface area contributed by atoms with E-state index in [1.807, 2.05) is 4.90 Å². The SMILES string of the molecule is CSCCC(=O)N1CCC[C@@H](c2nnc(CN3CCCCC3)n2C)C1.